The molecule has 1 atom stereocenters. The van der Waals surface area contributed by atoms with E-state index in [1.54, 1.807) is 0 Å². The van der Waals surface area contributed by atoms with E-state index in [2.05, 4.69) is 56.0 Å². The number of hydrogen-bond donors (Lipinski definition) is 0. The Labute approximate surface area is 151 Å². The summed E-state index contributed by atoms with van der Waals surface area (Å²) >= 11 is 0. The zero-order chi connectivity index (χ0) is 17.8. The lowest BCUT2D eigenvalue weighted by Gasteiger charge is -2.37. The summed E-state index contributed by atoms with van der Waals surface area (Å²) in [4.78, 5) is 17.1. The normalized spacial score (nSPS) is 16.0. The van der Waals surface area contributed by atoms with Crippen LogP contribution in [0.3, 0.4) is 0 Å². The van der Waals surface area contributed by atoms with Gasteiger partial charge in [-0.25, -0.2) is 0 Å². The van der Waals surface area contributed by atoms with E-state index in [0.29, 0.717) is 6.42 Å². The number of carbonyl (C=O) groups excluding carboxylic acids is 1. The van der Waals surface area contributed by atoms with Crippen LogP contribution in [-0.2, 0) is 4.79 Å². The fraction of sp³-hybridized carbons (Fsp3) is 0.409. The third kappa shape index (κ3) is 4.04. The summed E-state index contributed by atoms with van der Waals surface area (Å²) in [7, 11) is 0. The smallest absolute Gasteiger partial charge is 0.223 e. The van der Waals surface area contributed by atoms with Crippen molar-refractivity contribution < 1.29 is 4.79 Å². The number of carbonyl (C=O) groups is 1. The van der Waals surface area contributed by atoms with Gasteiger partial charge in [0.1, 0.15) is 0 Å². The molecule has 132 valence electrons. The van der Waals surface area contributed by atoms with Crippen molar-refractivity contribution in [3.05, 3.63) is 65.2 Å². The molecule has 0 radical (unpaired) electrons. The van der Waals surface area contributed by atoms with Crippen molar-refractivity contribution in [1.82, 2.24) is 4.90 Å². The zero-order valence-corrected chi connectivity index (χ0v) is 15.5. The topological polar surface area (TPSA) is 23.6 Å². The highest BCUT2D eigenvalue weighted by atomic mass is 16.2. The number of hydrogen-bond acceptors (Lipinski definition) is 2. The van der Waals surface area contributed by atoms with E-state index >= 15 is 0 Å². The Bertz CT molecular complexity index is 718. The SMILES string of the molecule is Cc1cccc(N2CCN(C(=O)C[C@@H](C)c3ccccc3)CC2)c1C. The number of anilines is 1. The quantitative estimate of drug-likeness (QED) is 0.837. The fourth-order valence-corrected chi connectivity index (χ4v) is 3.57. The first-order valence-corrected chi connectivity index (χ1v) is 9.20. The Kier molecular flexibility index (Phi) is 5.42. The summed E-state index contributed by atoms with van der Waals surface area (Å²) in [6, 6.07) is 16.8. The van der Waals surface area contributed by atoms with Crippen molar-refractivity contribution in [2.24, 2.45) is 0 Å². The molecule has 0 saturated carbocycles. The van der Waals surface area contributed by atoms with Crippen LogP contribution in [0.15, 0.2) is 48.5 Å². The van der Waals surface area contributed by atoms with Gasteiger partial charge in [0.15, 0.2) is 0 Å². The third-order valence-electron chi connectivity index (χ3n) is 5.40. The van der Waals surface area contributed by atoms with Crippen LogP contribution in [0.2, 0.25) is 0 Å². The van der Waals surface area contributed by atoms with E-state index in [4.69, 9.17) is 0 Å². The standard InChI is InChI=1S/C22H28N2O/c1-17-8-7-11-21(19(17)3)23-12-14-24(15-13-23)22(25)16-18(2)20-9-5-4-6-10-20/h4-11,18H,12-16H2,1-3H3/t18-/m1/s1. The Morgan fingerprint density at radius 2 is 1.64 bits per heavy atom. The maximum atomic E-state index is 12.7. The minimum Gasteiger partial charge on any atom is -0.368 e. The first kappa shape index (κ1) is 17.5. The number of aryl methyl sites for hydroxylation is 1. The van der Waals surface area contributed by atoms with Gasteiger partial charge in [0, 0.05) is 38.3 Å². The number of benzene rings is 2. The predicted octanol–water partition coefficient (Wildman–Crippen LogP) is 4.15. The lowest BCUT2D eigenvalue weighted by molar-refractivity contribution is -0.131. The minimum absolute atomic E-state index is 0.269. The molecule has 0 N–H and O–H groups in total. The molecular weight excluding hydrogens is 308 g/mol. The average Bonchev–Trinajstić information content (AvgIpc) is 2.65. The van der Waals surface area contributed by atoms with Gasteiger partial charge in [0.05, 0.1) is 0 Å². The van der Waals surface area contributed by atoms with Crippen molar-refractivity contribution >= 4 is 11.6 Å². The molecule has 1 fully saturated rings. The Morgan fingerprint density at radius 3 is 2.32 bits per heavy atom. The monoisotopic (exact) mass is 336 g/mol. The van der Waals surface area contributed by atoms with Gasteiger partial charge in [0.25, 0.3) is 0 Å². The molecule has 1 amide bonds. The van der Waals surface area contributed by atoms with Gasteiger partial charge in [-0.15, -0.1) is 0 Å². The fourth-order valence-electron chi connectivity index (χ4n) is 3.57. The molecule has 25 heavy (non-hydrogen) atoms. The number of nitrogens with zero attached hydrogens (tertiary/aromatic N) is 2. The van der Waals surface area contributed by atoms with Gasteiger partial charge in [-0.2, -0.15) is 0 Å². The van der Waals surface area contributed by atoms with Gasteiger partial charge in [-0.1, -0.05) is 49.4 Å². The molecule has 0 aromatic heterocycles. The summed E-state index contributed by atoms with van der Waals surface area (Å²) in [5.41, 5.74) is 5.22. The van der Waals surface area contributed by atoms with E-state index < -0.39 is 0 Å². The van der Waals surface area contributed by atoms with Gasteiger partial charge < -0.3 is 9.80 Å². The molecule has 3 nitrogen and oxygen atoms in total. The molecule has 2 aromatic rings. The zero-order valence-electron chi connectivity index (χ0n) is 15.5. The highest BCUT2D eigenvalue weighted by molar-refractivity contribution is 5.77. The Hall–Kier alpha value is -2.29. The van der Waals surface area contributed by atoms with Gasteiger partial charge >= 0.3 is 0 Å². The Balaban J connectivity index is 1.57. The maximum Gasteiger partial charge on any atom is 0.223 e. The van der Waals surface area contributed by atoms with Crippen LogP contribution in [-0.4, -0.2) is 37.0 Å². The van der Waals surface area contributed by atoms with E-state index in [0.717, 1.165) is 26.2 Å². The number of rotatable bonds is 4. The highest BCUT2D eigenvalue weighted by Gasteiger charge is 2.23. The van der Waals surface area contributed by atoms with Crippen molar-refractivity contribution in [3.8, 4) is 0 Å². The molecule has 1 aliphatic rings. The summed E-state index contributed by atoms with van der Waals surface area (Å²) in [5, 5.41) is 0. The van der Waals surface area contributed by atoms with E-state index in [-0.39, 0.29) is 11.8 Å². The lowest BCUT2D eigenvalue weighted by Crippen LogP contribution is -2.49. The first-order valence-electron chi connectivity index (χ1n) is 9.20. The second kappa shape index (κ2) is 7.73. The minimum atomic E-state index is 0.269. The van der Waals surface area contributed by atoms with Gasteiger partial charge in [0.2, 0.25) is 5.91 Å². The van der Waals surface area contributed by atoms with Crippen LogP contribution in [0.4, 0.5) is 5.69 Å². The number of amides is 1. The van der Waals surface area contributed by atoms with E-state index in [9.17, 15) is 4.79 Å². The first-order chi connectivity index (χ1) is 12.1. The van der Waals surface area contributed by atoms with Gasteiger partial charge in [-0.3, -0.25) is 4.79 Å². The molecule has 3 heteroatoms. The summed E-state index contributed by atoms with van der Waals surface area (Å²) < 4.78 is 0. The average molecular weight is 336 g/mol. The van der Waals surface area contributed by atoms with Crippen molar-refractivity contribution in [1.29, 1.82) is 0 Å². The Morgan fingerprint density at radius 1 is 0.960 bits per heavy atom. The maximum absolute atomic E-state index is 12.7. The van der Waals surface area contributed by atoms with Crippen LogP contribution >= 0.6 is 0 Å². The lowest BCUT2D eigenvalue weighted by atomic mass is 9.97. The number of piperazine rings is 1. The molecule has 2 aromatic carbocycles. The summed E-state index contributed by atoms with van der Waals surface area (Å²) in [6.07, 6.45) is 0.591. The second-order valence-corrected chi connectivity index (χ2v) is 7.10. The molecular formula is C22H28N2O. The van der Waals surface area contributed by atoms with E-state index in [1.165, 1.54) is 22.4 Å². The molecule has 0 unspecified atom stereocenters. The van der Waals surface area contributed by atoms with Crippen molar-refractivity contribution in [2.75, 3.05) is 31.1 Å². The van der Waals surface area contributed by atoms with Crippen LogP contribution in [0.5, 0.6) is 0 Å². The van der Waals surface area contributed by atoms with Crippen LogP contribution in [0.25, 0.3) is 0 Å². The van der Waals surface area contributed by atoms with Crippen molar-refractivity contribution in [2.45, 2.75) is 33.1 Å². The largest absolute Gasteiger partial charge is 0.368 e. The second-order valence-electron chi connectivity index (χ2n) is 7.10. The molecule has 0 spiro atoms. The summed E-state index contributed by atoms with van der Waals surface area (Å²) in [5.74, 6) is 0.544. The van der Waals surface area contributed by atoms with Gasteiger partial charge in [-0.05, 0) is 42.5 Å². The summed E-state index contributed by atoms with van der Waals surface area (Å²) in [6.45, 7) is 9.93. The molecule has 1 saturated heterocycles. The molecule has 0 aliphatic carbocycles. The highest BCUT2D eigenvalue weighted by Crippen LogP contribution is 2.25. The van der Waals surface area contributed by atoms with Crippen LogP contribution < -0.4 is 4.90 Å². The molecule has 1 aliphatic heterocycles. The third-order valence-corrected chi connectivity index (χ3v) is 5.40. The van der Waals surface area contributed by atoms with Crippen LogP contribution in [0.1, 0.15) is 36.0 Å². The van der Waals surface area contributed by atoms with Crippen molar-refractivity contribution in [3.63, 3.8) is 0 Å². The molecule has 0 bridgehead atoms. The molecule has 3 rings (SSSR count). The van der Waals surface area contributed by atoms with E-state index in [1.807, 2.05) is 23.1 Å². The predicted molar refractivity (Wildman–Crippen MR) is 104 cm³/mol. The van der Waals surface area contributed by atoms with Crippen LogP contribution in [0, 0.1) is 13.8 Å². The molecule has 1 heterocycles.